The number of thiophene rings is 1. The van der Waals surface area contributed by atoms with E-state index in [1.807, 2.05) is 47.2 Å². The zero-order chi connectivity index (χ0) is 14.7. The van der Waals surface area contributed by atoms with Crippen molar-refractivity contribution < 1.29 is 4.79 Å². The summed E-state index contributed by atoms with van der Waals surface area (Å²) >= 11 is 1.69. The average Bonchev–Trinajstić information content (AvgIpc) is 3.12. The fourth-order valence-electron chi connectivity index (χ4n) is 2.25. The molecule has 5 heteroatoms. The van der Waals surface area contributed by atoms with Gasteiger partial charge in [0.05, 0.1) is 12.2 Å². The van der Waals surface area contributed by atoms with E-state index in [0.29, 0.717) is 13.0 Å². The van der Waals surface area contributed by atoms with Crippen LogP contribution in [-0.4, -0.2) is 15.3 Å². The molecule has 0 saturated carbocycles. The number of imidazole rings is 1. The van der Waals surface area contributed by atoms with Crippen LogP contribution in [0.2, 0.25) is 0 Å². The molecule has 3 aromatic rings. The SMILES string of the molecule is Cc1cccc2nc(CNC(=O)CCc3cccs3)cn12. The lowest BCUT2D eigenvalue weighted by atomic mass is 10.2. The first-order chi connectivity index (χ1) is 10.2. The quantitative estimate of drug-likeness (QED) is 0.787. The van der Waals surface area contributed by atoms with Gasteiger partial charge >= 0.3 is 0 Å². The largest absolute Gasteiger partial charge is 0.350 e. The second-order valence-corrected chi connectivity index (χ2v) is 6.02. The van der Waals surface area contributed by atoms with Crippen LogP contribution in [0.1, 0.15) is 22.7 Å². The molecule has 0 atom stereocenters. The molecule has 108 valence electrons. The summed E-state index contributed by atoms with van der Waals surface area (Å²) in [6, 6.07) is 10.1. The summed E-state index contributed by atoms with van der Waals surface area (Å²) in [7, 11) is 0. The number of nitrogens with zero attached hydrogens (tertiary/aromatic N) is 2. The highest BCUT2D eigenvalue weighted by Crippen LogP contribution is 2.11. The van der Waals surface area contributed by atoms with Crippen molar-refractivity contribution in [1.29, 1.82) is 0 Å². The highest BCUT2D eigenvalue weighted by Gasteiger charge is 2.06. The van der Waals surface area contributed by atoms with Crippen LogP contribution in [0.25, 0.3) is 5.65 Å². The van der Waals surface area contributed by atoms with Crippen LogP contribution in [0, 0.1) is 6.92 Å². The Hall–Kier alpha value is -2.14. The third-order valence-corrected chi connectivity index (χ3v) is 4.33. The number of nitrogens with one attached hydrogen (secondary N) is 1. The molecule has 0 unspecified atom stereocenters. The van der Waals surface area contributed by atoms with E-state index >= 15 is 0 Å². The number of pyridine rings is 1. The maximum atomic E-state index is 11.9. The Morgan fingerprint density at radius 3 is 3.00 bits per heavy atom. The van der Waals surface area contributed by atoms with Gasteiger partial charge in [0, 0.05) is 23.2 Å². The molecule has 0 aliphatic heterocycles. The smallest absolute Gasteiger partial charge is 0.220 e. The molecule has 0 saturated heterocycles. The number of aryl methyl sites for hydroxylation is 2. The Morgan fingerprint density at radius 2 is 2.24 bits per heavy atom. The van der Waals surface area contributed by atoms with Gasteiger partial charge < -0.3 is 9.72 Å². The number of carbonyl (C=O) groups excluding carboxylic acids is 1. The third kappa shape index (κ3) is 3.31. The summed E-state index contributed by atoms with van der Waals surface area (Å²) in [5.41, 5.74) is 2.93. The zero-order valence-electron chi connectivity index (χ0n) is 11.9. The van der Waals surface area contributed by atoms with Crippen molar-refractivity contribution in [1.82, 2.24) is 14.7 Å². The first kappa shape index (κ1) is 13.8. The molecule has 4 nitrogen and oxygen atoms in total. The lowest BCUT2D eigenvalue weighted by molar-refractivity contribution is -0.121. The molecular formula is C16H17N3OS. The van der Waals surface area contributed by atoms with Gasteiger partial charge in [-0.25, -0.2) is 4.98 Å². The predicted molar refractivity (Wildman–Crippen MR) is 84.4 cm³/mol. The van der Waals surface area contributed by atoms with Gasteiger partial charge in [0.1, 0.15) is 5.65 Å². The number of aromatic nitrogens is 2. The standard InChI is InChI=1S/C16H17N3OS/c1-12-4-2-6-15-18-13(11-19(12)15)10-17-16(20)8-7-14-5-3-9-21-14/h2-6,9,11H,7-8,10H2,1H3,(H,17,20). The summed E-state index contributed by atoms with van der Waals surface area (Å²) in [6.07, 6.45) is 3.30. The summed E-state index contributed by atoms with van der Waals surface area (Å²) in [4.78, 5) is 17.6. The first-order valence-corrected chi connectivity index (χ1v) is 7.83. The van der Waals surface area contributed by atoms with Gasteiger partial charge in [0.2, 0.25) is 5.91 Å². The van der Waals surface area contributed by atoms with E-state index in [0.717, 1.165) is 23.5 Å². The highest BCUT2D eigenvalue weighted by atomic mass is 32.1. The minimum atomic E-state index is 0.0668. The lowest BCUT2D eigenvalue weighted by Gasteiger charge is -2.02. The minimum absolute atomic E-state index is 0.0668. The van der Waals surface area contributed by atoms with Gasteiger partial charge in [0.25, 0.3) is 0 Å². The van der Waals surface area contributed by atoms with E-state index in [1.165, 1.54) is 4.88 Å². The fraction of sp³-hybridized carbons (Fsp3) is 0.250. The second-order valence-electron chi connectivity index (χ2n) is 4.98. The van der Waals surface area contributed by atoms with Crippen molar-refractivity contribution >= 4 is 22.9 Å². The van der Waals surface area contributed by atoms with Crippen molar-refractivity contribution in [2.75, 3.05) is 0 Å². The fourth-order valence-corrected chi connectivity index (χ4v) is 2.96. The Morgan fingerprint density at radius 1 is 1.33 bits per heavy atom. The number of amides is 1. The van der Waals surface area contributed by atoms with Gasteiger partial charge in [0.15, 0.2) is 0 Å². The topological polar surface area (TPSA) is 46.4 Å². The molecule has 1 N–H and O–H groups in total. The molecule has 0 bridgehead atoms. The van der Waals surface area contributed by atoms with E-state index in [9.17, 15) is 4.79 Å². The normalized spacial score (nSPS) is 10.9. The molecule has 3 rings (SSSR count). The van der Waals surface area contributed by atoms with Gasteiger partial charge in [-0.15, -0.1) is 11.3 Å². The average molecular weight is 299 g/mol. The molecule has 0 aliphatic carbocycles. The van der Waals surface area contributed by atoms with Crippen LogP contribution >= 0.6 is 11.3 Å². The van der Waals surface area contributed by atoms with E-state index < -0.39 is 0 Å². The van der Waals surface area contributed by atoms with Crippen LogP contribution in [-0.2, 0) is 17.8 Å². The van der Waals surface area contributed by atoms with Crippen LogP contribution in [0.5, 0.6) is 0 Å². The van der Waals surface area contributed by atoms with E-state index in [1.54, 1.807) is 11.3 Å². The number of hydrogen-bond donors (Lipinski definition) is 1. The zero-order valence-corrected chi connectivity index (χ0v) is 12.7. The van der Waals surface area contributed by atoms with Crippen molar-refractivity contribution in [3.05, 3.63) is 58.2 Å². The molecular weight excluding hydrogens is 282 g/mol. The number of carbonyl (C=O) groups is 1. The molecule has 0 fully saturated rings. The van der Waals surface area contributed by atoms with Gasteiger partial charge in [-0.1, -0.05) is 12.1 Å². The van der Waals surface area contributed by atoms with Gasteiger partial charge in [-0.3, -0.25) is 4.79 Å². The van der Waals surface area contributed by atoms with Crippen LogP contribution in [0.3, 0.4) is 0 Å². The summed E-state index contributed by atoms with van der Waals surface area (Å²) < 4.78 is 2.03. The maximum absolute atomic E-state index is 11.9. The van der Waals surface area contributed by atoms with Gasteiger partial charge in [-0.2, -0.15) is 0 Å². The van der Waals surface area contributed by atoms with Crippen molar-refractivity contribution in [2.24, 2.45) is 0 Å². The molecule has 0 spiro atoms. The van der Waals surface area contributed by atoms with Crippen molar-refractivity contribution in [3.63, 3.8) is 0 Å². The molecule has 0 aromatic carbocycles. The van der Waals surface area contributed by atoms with Crippen LogP contribution in [0.4, 0.5) is 0 Å². The molecule has 0 radical (unpaired) electrons. The third-order valence-electron chi connectivity index (χ3n) is 3.39. The van der Waals surface area contributed by atoms with E-state index in [4.69, 9.17) is 0 Å². The van der Waals surface area contributed by atoms with Crippen molar-refractivity contribution in [2.45, 2.75) is 26.3 Å². The summed E-state index contributed by atoms with van der Waals surface area (Å²) in [6.45, 7) is 2.52. The number of rotatable bonds is 5. The monoisotopic (exact) mass is 299 g/mol. The summed E-state index contributed by atoms with van der Waals surface area (Å²) in [5.74, 6) is 0.0668. The van der Waals surface area contributed by atoms with Gasteiger partial charge in [-0.05, 0) is 36.9 Å². The maximum Gasteiger partial charge on any atom is 0.220 e. The van der Waals surface area contributed by atoms with Crippen LogP contribution in [0.15, 0.2) is 41.9 Å². The molecule has 0 aliphatic rings. The number of fused-ring (bicyclic) bond motifs is 1. The summed E-state index contributed by atoms with van der Waals surface area (Å²) in [5, 5.41) is 4.97. The Labute approximate surface area is 127 Å². The molecule has 1 amide bonds. The Balaban J connectivity index is 1.56. The van der Waals surface area contributed by atoms with Crippen molar-refractivity contribution in [3.8, 4) is 0 Å². The van der Waals surface area contributed by atoms with E-state index in [2.05, 4.69) is 16.4 Å². The molecule has 21 heavy (non-hydrogen) atoms. The number of hydrogen-bond acceptors (Lipinski definition) is 3. The predicted octanol–water partition coefficient (Wildman–Crippen LogP) is 2.95. The van der Waals surface area contributed by atoms with Crippen LogP contribution < -0.4 is 5.32 Å². The Kier molecular flexibility index (Phi) is 4.01. The first-order valence-electron chi connectivity index (χ1n) is 6.95. The highest BCUT2D eigenvalue weighted by molar-refractivity contribution is 7.09. The lowest BCUT2D eigenvalue weighted by Crippen LogP contribution is -2.23. The minimum Gasteiger partial charge on any atom is -0.350 e. The second kappa shape index (κ2) is 6.10. The molecule has 3 aromatic heterocycles. The molecule has 3 heterocycles. The Bertz CT molecular complexity index is 746. The van der Waals surface area contributed by atoms with E-state index in [-0.39, 0.29) is 5.91 Å².